The number of nitrogens with zero attached hydrogens (tertiary/aromatic N) is 5. The molecule has 2 unspecified atom stereocenters. The van der Waals surface area contributed by atoms with E-state index in [1.165, 1.54) is 12.4 Å². The van der Waals surface area contributed by atoms with Crippen LogP contribution in [0.2, 0.25) is 0 Å². The van der Waals surface area contributed by atoms with Crippen molar-refractivity contribution in [2.24, 2.45) is 5.92 Å². The lowest BCUT2D eigenvalue weighted by Gasteiger charge is -2.46. The van der Waals surface area contributed by atoms with Crippen LogP contribution in [0, 0.1) is 11.7 Å². The molecule has 5 rings (SSSR count). The summed E-state index contributed by atoms with van der Waals surface area (Å²) in [5.74, 6) is 0.328. The summed E-state index contributed by atoms with van der Waals surface area (Å²) in [7, 11) is 0. The molecule has 2 aliphatic rings. The van der Waals surface area contributed by atoms with Gasteiger partial charge in [-0.25, -0.2) is 19.2 Å². The highest BCUT2D eigenvalue weighted by Gasteiger charge is 2.34. The van der Waals surface area contributed by atoms with Crippen molar-refractivity contribution in [3.05, 3.63) is 53.0 Å². The van der Waals surface area contributed by atoms with E-state index in [0.29, 0.717) is 30.0 Å². The fraction of sp³-hybridized carbons (Fsp3) is 0.450. The van der Waals surface area contributed by atoms with Crippen molar-refractivity contribution in [3.8, 4) is 0 Å². The maximum absolute atomic E-state index is 13.1. The second-order valence-electron chi connectivity index (χ2n) is 7.69. The molecular formula is C20H23ClFN5O2. The molecule has 1 aromatic carbocycles. The minimum absolute atomic E-state index is 0. The van der Waals surface area contributed by atoms with Crippen molar-refractivity contribution in [2.75, 3.05) is 31.1 Å². The number of anilines is 1. The Morgan fingerprint density at radius 2 is 1.90 bits per heavy atom. The van der Waals surface area contributed by atoms with Gasteiger partial charge in [0.25, 0.3) is 0 Å². The molecule has 3 aromatic rings. The molecule has 0 aliphatic carbocycles. The molecule has 2 aliphatic heterocycles. The highest BCUT2D eigenvalue weighted by Crippen LogP contribution is 2.28. The van der Waals surface area contributed by atoms with Gasteiger partial charge in [-0.1, -0.05) is 12.1 Å². The van der Waals surface area contributed by atoms with Gasteiger partial charge < -0.3 is 9.32 Å². The van der Waals surface area contributed by atoms with Crippen molar-refractivity contribution in [1.82, 2.24) is 19.4 Å². The Bertz CT molecular complexity index is 1040. The van der Waals surface area contributed by atoms with Crippen LogP contribution in [0.3, 0.4) is 0 Å². The largest absolute Gasteiger partial charge is 0.419 e. The van der Waals surface area contributed by atoms with Crippen LogP contribution in [-0.4, -0.2) is 51.7 Å². The molecule has 154 valence electrons. The van der Waals surface area contributed by atoms with Gasteiger partial charge in [0.05, 0.1) is 17.9 Å². The van der Waals surface area contributed by atoms with Crippen LogP contribution in [0.25, 0.3) is 11.1 Å². The lowest BCUT2D eigenvalue weighted by molar-refractivity contribution is 0.0880. The molecule has 29 heavy (non-hydrogen) atoms. The minimum atomic E-state index is -0.412. The summed E-state index contributed by atoms with van der Waals surface area (Å²) in [5, 5.41) is 0. The first-order valence-corrected chi connectivity index (χ1v) is 9.72. The number of piperidine rings is 1. The molecule has 2 aromatic heterocycles. The van der Waals surface area contributed by atoms with E-state index < -0.39 is 5.82 Å². The summed E-state index contributed by atoms with van der Waals surface area (Å²) >= 11 is 0. The normalized spacial score (nSPS) is 22.3. The van der Waals surface area contributed by atoms with Gasteiger partial charge in [0, 0.05) is 38.8 Å². The number of piperazine rings is 1. The van der Waals surface area contributed by atoms with E-state index in [1.54, 1.807) is 4.57 Å². The Kier molecular flexibility index (Phi) is 5.56. The van der Waals surface area contributed by atoms with Crippen molar-refractivity contribution in [2.45, 2.75) is 25.4 Å². The first kappa shape index (κ1) is 19.8. The summed E-state index contributed by atoms with van der Waals surface area (Å²) in [4.78, 5) is 25.1. The van der Waals surface area contributed by atoms with Gasteiger partial charge in [-0.05, 0) is 30.9 Å². The molecule has 0 N–H and O–H groups in total. The molecule has 4 heterocycles. The van der Waals surface area contributed by atoms with Gasteiger partial charge in [0.1, 0.15) is 0 Å². The first-order valence-electron chi connectivity index (χ1n) is 9.72. The number of halogens is 2. The fourth-order valence-electron chi connectivity index (χ4n) is 4.50. The Hall–Kier alpha value is -2.45. The van der Waals surface area contributed by atoms with Crippen molar-refractivity contribution < 1.29 is 8.81 Å². The maximum atomic E-state index is 13.1. The predicted octanol–water partition coefficient (Wildman–Crippen LogP) is 2.55. The molecule has 9 heteroatoms. The Morgan fingerprint density at radius 3 is 2.72 bits per heavy atom. The molecule has 0 bridgehead atoms. The lowest BCUT2D eigenvalue weighted by atomic mass is 9.91. The van der Waals surface area contributed by atoms with Crippen LogP contribution in [-0.2, 0) is 6.54 Å². The molecule has 0 spiro atoms. The van der Waals surface area contributed by atoms with Gasteiger partial charge in [0.15, 0.2) is 11.4 Å². The third kappa shape index (κ3) is 3.86. The zero-order valence-corrected chi connectivity index (χ0v) is 16.7. The molecule has 0 radical (unpaired) electrons. The van der Waals surface area contributed by atoms with E-state index in [1.807, 2.05) is 24.3 Å². The fourth-order valence-corrected chi connectivity index (χ4v) is 4.50. The molecule has 0 saturated carbocycles. The summed E-state index contributed by atoms with van der Waals surface area (Å²) in [6.45, 7) is 4.25. The van der Waals surface area contributed by atoms with Gasteiger partial charge in [0.2, 0.25) is 5.95 Å². The third-order valence-corrected chi connectivity index (χ3v) is 5.91. The number of hydrogen-bond donors (Lipinski definition) is 0. The number of benzene rings is 1. The summed E-state index contributed by atoms with van der Waals surface area (Å²) in [5.41, 5.74) is 1.52. The highest BCUT2D eigenvalue weighted by atomic mass is 35.5. The third-order valence-electron chi connectivity index (χ3n) is 5.91. The Morgan fingerprint density at radius 1 is 1.10 bits per heavy atom. The molecule has 2 fully saturated rings. The van der Waals surface area contributed by atoms with Gasteiger partial charge in [-0.2, -0.15) is 0 Å². The summed E-state index contributed by atoms with van der Waals surface area (Å²) in [6, 6.07) is 8.03. The van der Waals surface area contributed by atoms with Crippen molar-refractivity contribution >= 4 is 29.5 Å². The van der Waals surface area contributed by atoms with Crippen molar-refractivity contribution in [1.29, 1.82) is 0 Å². The van der Waals surface area contributed by atoms with Crippen LogP contribution < -0.4 is 10.7 Å². The molecule has 0 amide bonds. The van der Waals surface area contributed by atoms with Crippen LogP contribution in [0.5, 0.6) is 0 Å². The number of aromatic nitrogens is 3. The Labute approximate surface area is 173 Å². The van der Waals surface area contributed by atoms with Crippen LogP contribution >= 0.6 is 12.4 Å². The molecule has 2 saturated heterocycles. The average Bonchev–Trinajstić information content (AvgIpc) is 3.03. The lowest BCUT2D eigenvalue weighted by Crippen LogP contribution is -2.57. The number of fused-ring (bicyclic) bond motifs is 2. The highest BCUT2D eigenvalue weighted by molar-refractivity contribution is 5.85. The predicted molar refractivity (Wildman–Crippen MR) is 110 cm³/mol. The summed E-state index contributed by atoms with van der Waals surface area (Å²) in [6.07, 6.45) is 4.56. The minimum Gasteiger partial charge on any atom is -0.408 e. The second-order valence-corrected chi connectivity index (χ2v) is 7.69. The smallest absolute Gasteiger partial charge is 0.408 e. The maximum Gasteiger partial charge on any atom is 0.419 e. The van der Waals surface area contributed by atoms with Crippen molar-refractivity contribution in [3.63, 3.8) is 0 Å². The van der Waals surface area contributed by atoms with Crippen LogP contribution in [0.15, 0.2) is 45.9 Å². The van der Waals surface area contributed by atoms with Gasteiger partial charge in [-0.3, -0.25) is 9.47 Å². The number of oxazole rings is 1. The van der Waals surface area contributed by atoms with Crippen LogP contribution in [0.4, 0.5) is 10.3 Å². The molecule has 7 nitrogen and oxygen atoms in total. The zero-order valence-electron chi connectivity index (χ0n) is 15.9. The SMILES string of the molecule is Cl.O=c1oc2ccccc2n1CC1CCC2CN(c3ncc(F)cn3)CCN2C1. The topological polar surface area (TPSA) is 67.4 Å². The monoisotopic (exact) mass is 419 g/mol. The van der Waals surface area contributed by atoms with Gasteiger partial charge >= 0.3 is 5.76 Å². The Balaban J connectivity index is 0.00000205. The molecular weight excluding hydrogens is 397 g/mol. The average molecular weight is 420 g/mol. The van der Waals surface area contributed by atoms with E-state index in [4.69, 9.17) is 4.42 Å². The second kappa shape index (κ2) is 8.12. The van der Waals surface area contributed by atoms with E-state index in [-0.39, 0.29) is 18.2 Å². The first-order chi connectivity index (χ1) is 13.7. The van der Waals surface area contributed by atoms with E-state index in [0.717, 1.165) is 44.5 Å². The van der Waals surface area contributed by atoms with E-state index in [2.05, 4.69) is 19.8 Å². The van der Waals surface area contributed by atoms with E-state index in [9.17, 15) is 9.18 Å². The summed E-state index contributed by atoms with van der Waals surface area (Å²) < 4.78 is 20.2. The molecule has 2 atom stereocenters. The number of hydrogen-bond acceptors (Lipinski definition) is 6. The number of para-hydroxylation sites is 2. The number of rotatable bonds is 3. The standard InChI is InChI=1S/C20H22FN5O2.ClH/c21-15-9-22-19(23-10-15)25-8-7-24-11-14(5-6-16(24)13-25)12-26-17-3-1-2-4-18(17)28-20(26)27;/h1-4,9-10,14,16H,5-8,11-13H2;1H. The van der Waals surface area contributed by atoms with E-state index >= 15 is 0 Å². The van der Waals surface area contributed by atoms with Gasteiger partial charge in [-0.15, -0.1) is 12.4 Å². The zero-order chi connectivity index (χ0) is 19.1. The van der Waals surface area contributed by atoms with Crippen LogP contribution in [0.1, 0.15) is 12.8 Å². The quantitative estimate of drug-likeness (QED) is 0.650.